The van der Waals surface area contributed by atoms with Crippen LogP contribution in [0.4, 0.5) is 0 Å². The zero-order valence-corrected chi connectivity index (χ0v) is 11.7. The van der Waals surface area contributed by atoms with Gasteiger partial charge in [-0.05, 0) is 48.8 Å². The van der Waals surface area contributed by atoms with E-state index in [2.05, 4.69) is 13.8 Å². The van der Waals surface area contributed by atoms with E-state index in [0.717, 1.165) is 31.8 Å². The number of halogens is 1. The summed E-state index contributed by atoms with van der Waals surface area (Å²) in [5.41, 5.74) is 0.486. The Bertz CT molecular complexity index is 414. The van der Waals surface area contributed by atoms with Crippen molar-refractivity contribution in [3.8, 4) is 0 Å². The second-order valence-corrected chi connectivity index (χ2v) is 5.68. The first-order valence-electron chi connectivity index (χ1n) is 6.62. The Morgan fingerprint density at radius 1 is 1.44 bits per heavy atom. The summed E-state index contributed by atoms with van der Waals surface area (Å²) >= 11 is 5.86. The van der Waals surface area contributed by atoms with Crippen molar-refractivity contribution in [2.45, 2.75) is 33.1 Å². The highest BCUT2D eigenvalue weighted by atomic mass is 35.5. The van der Waals surface area contributed by atoms with E-state index in [4.69, 9.17) is 16.0 Å². The van der Waals surface area contributed by atoms with E-state index >= 15 is 0 Å². The second kappa shape index (κ2) is 5.79. The highest BCUT2D eigenvalue weighted by molar-refractivity contribution is 6.32. The maximum absolute atomic E-state index is 12.3. The van der Waals surface area contributed by atoms with Crippen molar-refractivity contribution < 1.29 is 9.21 Å². The lowest BCUT2D eigenvalue weighted by molar-refractivity contribution is 0.0758. The van der Waals surface area contributed by atoms with Crippen molar-refractivity contribution in [2.75, 3.05) is 13.1 Å². The molecule has 100 valence electrons. The summed E-state index contributed by atoms with van der Waals surface area (Å²) < 4.78 is 4.98. The topological polar surface area (TPSA) is 33.5 Å². The molecule has 0 bridgehead atoms. The van der Waals surface area contributed by atoms with Gasteiger partial charge >= 0.3 is 0 Å². The van der Waals surface area contributed by atoms with E-state index in [1.807, 2.05) is 4.90 Å². The summed E-state index contributed by atoms with van der Waals surface area (Å²) in [7, 11) is 0. The first-order chi connectivity index (χ1) is 8.59. The Kier molecular flexibility index (Phi) is 4.33. The van der Waals surface area contributed by atoms with Crippen LogP contribution < -0.4 is 0 Å². The van der Waals surface area contributed by atoms with Crippen LogP contribution in [-0.4, -0.2) is 23.9 Å². The highest BCUT2D eigenvalue weighted by Gasteiger charge is 2.25. The van der Waals surface area contributed by atoms with Gasteiger partial charge in [0.2, 0.25) is 5.22 Å². The van der Waals surface area contributed by atoms with Crippen LogP contribution in [-0.2, 0) is 0 Å². The molecule has 18 heavy (non-hydrogen) atoms. The monoisotopic (exact) mass is 269 g/mol. The number of carbonyl (C=O) groups excluding carboxylic acids is 1. The average Bonchev–Trinajstić information content (AvgIpc) is 2.63. The molecule has 0 saturated carbocycles. The molecule has 0 spiro atoms. The largest absolute Gasteiger partial charge is 0.452 e. The molecule has 1 aromatic heterocycles. The smallest absolute Gasteiger partial charge is 0.258 e. The molecule has 3 nitrogen and oxygen atoms in total. The molecule has 1 aliphatic heterocycles. The standard InChI is InChI=1S/C14H20ClNO2/c1-10(2)11-4-3-7-16(8-5-11)14(17)12-6-9-18-13(12)15/h6,9-11H,3-5,7-8H2,1-2H3. The van der Waals surface area contributed by atoms with Crippen LogP contribution in [0.25, 0.3) is 0 Å². The molecule has 4 heteroatoms. The molecule has 1 amide bonds. The van der Waals surface area contributed by atoms with Crippen LogP contribution in [0.5, 0.6) is 0 Å². The normalized spacial score (nSPS) is 21.1. The van der Waals surface area contributed by atoms with Crippen molar-refractivity contribution in [3.63, 3.8) is 0 Å². The highest BCUT2D eigenvalue weighted by Crippen LogP contribution is 2.26. The molecule has 2 rings (SSSR count). The maximum Gasteiger partial charge on any atom is 0.258 e. The molecule has 1 unspecified atom stereocenters. The van der Waals surface area contributed by atoms with Crippen molar-refractivity contribution >= 4 is 17.5 Å². The fourth-order valence-corrected chi connectivity index (χ4v) is 2.80. The Morgan fingerprint density at radius 3 is 2.83 bits per heavy atom. The number of amides is 1. The predicted molar refractivity (Wildman–Crippen MR) is 71.8 cm³/mol. The SMILES string of the molecule is CC(C)C1CCCN(C(=O)c2ccoc2Cl)CC1. The molecule has 1 atom stereocenters. The van der Waals surface area contributed by atoms with Crippen molar-refractivity contribution in [1.82, 2.24) is 4.90 Å². The van der Waals surface area contributed by atoms with E-state index in [0.29, 0.717) is 11.5 Å². The number of likely N-dealkylation sites (tertiary alicyclic amines) is 1. The maximum atomic E-state index is 12.3. The van der Waals surface area contributed by atoms with E-state index in [1.54, 1.807) is 6.07 Å². The number of carbonyl (C=O) groups is 1. The third kappa shape index (κ3) is 2.89. The zero-order valence-electron chi connectivity index (χ0n) is 11.0. The third-order valence-electron chi connectivity index (χ3n) is 3.85. The number of hydrogen-bond acceptors (Lipinski definition) is 2. The van der Waals surface area contributed by atoms with Gasteiger partial charge in [0.15, 0.2) is 0 Å². The van der Waals surface area contributed by atoms with Gasteiger partial charge in [-0.1, -0.05) is 13.8 Å². The first-order valence-corrected chi connectivity index (χ1v) is 6.99. The molecule has 0 radical (unpaired) electrons. The average molecular weight is 270 g/mol. The minimum absolute atomic E-state index is 0.00171. The first kappa shape index (κ1) is 13.5. The van der Waals surface area contributed by atoms with Crippen LogP contribution in [0, 0.1) is 11.8 Å². The van der Waals surface area contributed by atoms with Gasteiger partial charge in [-0.25, -0.2) is 0 Å². The molecule has 2 heterocycles. The number of nitrogens with zero attached hydrogens (tertiary/aromatic N) is 1. The molecular formula is C14H20ClNO2. The van der Waals surface area contributed by atoms with E-state index < -0.39 is 0 Å². The number of rotatable bonds is 2. The fraction of sp³-hybridized carbons (Fsp3) is 0.643. The fourth-order valence-electron chi connectivity index (χ4n) is 2.61. The van der Waals surface area contributed by atoms with Crippen molar-refractivity contribution in [3.05, 3.63) is 23.1 Å². The van der Waals surface area contributed by atoms with E-state index in [1.165, 1.54) is 12.7 Å². The van der Waals surface area contributed by atoms with Crippen LogP contribution >= 0.6 is 11.6 Å². The summed E-state index contributed by atoms with van der Waals surface area (Å²) in [6.45, 7) is 6.16. The third-order valence-corrected chi connectivity index (χ3v) is 4.14. The summed E-state index contributed by atoms with van der Waals surface area (Å²) in [6.07, 6.45) is 4.83. The van der Waals surface area contributed by atoms with E-state index in [-0.39, 0.29) is 11.1 Å². The molecule has 1 aliphatic rings. The predicted octanol–water partition coefficient (Wildman–Crippen LogP) is 3.83. The van der Waals surface area contributed by atoms with Crippen molar-refractivity contribution in [2.24, 2.45) is 11.8 Å². The summed E-state index contributed by atoms with van der Waals surface area (Å²) in [6, 6.07) is 1.65. The van der Waals surface area contributed by atoms with Gasteiger partial charge in [-0.3, -0.25) is 4.79 Å². The van der Waals surface area contributed by atoms with Crippen LogP contribution in [0.2, 0.25) is 5.22 Å². The minimum atomic E-state index is -0.00171. The van der Waals surface area contributed by atoms with Gasteiger partial charge in [0.25, 0.3) is 5.91 Å². The lowest BCUT2D eigenvalue weighted by Crippen LogP contribution is -2.32. The van der Waals surface area contributed by atoms with Crippen LogP contribution in [0.15, 0.2) is 16.7 Å². The van der Waals surface area contributed by atoms with Gasteiger partial charge in [-0.2, -0.15) is 0 Å². The number of furan rings is 1. The van der Waals surface area contributed by atoms with Gasteiger partial charge in [-0.15, -0.1) is 0 Å². The number of hydrogen-bond donors (Lipinski definition) is 0. The minimum Gasteiger partial charge on any atom is -0.452 e. The molecular weight excluding hydrogens is 250 g/mol. The Hall–Kier alpha value is -0.960. The van der Waals surface area contributed by atoms with E-state index in [9.17, 15) is 4.79 Å². The second-order valence-electron chi connectivity index (χ2n) is 5.34. The molecule has 0 aromatic carbocycles. The Balaban J connectivity index is 2.02. The lowest BCUT2D eigenvalue weighted by Gasteiger charge is -2.21. The quantitative estimate of drug-likeness (QED) is 0.817. The van der Waals surface area contributed by atoms with Gasteiger partial charge in [0.05, 0.1) is 11.8 Å². The Labute approximate surface area is 113 Å². The molecule has 1 fully saturated rings. The van der Waals surface area contributed by atoms with Crippen LogP contribution in [0.3, 0.4) is 0 Å². The molecule has 1 saturated heterocycles. The lowest BCUT2D eigenvalue weighted by atomic mass is 9.89. The molecule has 1 aromatic rings. The molecule has 0 N–H and O–H groups in total. The Morgan fingerprint density at radius 2 is 2.22 bits per heavy atom. The van der Waals surface area contributed by atoms with Crippen molar-refractivity contribution in [1.29, 1.82) is 0 Å². The summed E-state index contributed by atoms with van der Waals surface area (Å²) in [5, 5.41) is 0.199. The van der Waals surface area contributed by atoms with Gasteiger partial charge in [0.1, 0.15) is 0 Å². The molecule has 0 aliphatic carbocycles. The van der Waals surface area contributed by atoms with Gasteiger partial charge < -0.3 is 9.32 Å². The van der Waals surface area contributed by atoms with Crippen LogP contribution in [0.1, 0.15) is 43.5 Å². The zero-order chi connectivity index (χ0) is 13.1. The summed E-state index contributed by atoms with van der Waals surface area (Å²) in [4.78, 5) is 14.2. The summed E-state index contributed by atoms with van der Waals surface area (Å²) in [5.74, 6) is 1.42. The van der Waals surface area contributed by atoms with Gasteiger partial charge in [0, 0.05) is 13.1 Å².